The van der Waals surface area contributed by atoms with Gasteiger partial charge in [-0.05, 0) is 54.6 Å². The number of aryl methyl sites for hydroxylation is 3. The van der Waals surface area contributed by atoms with Gasteiger partial charge in [0.05, 0.1) is 0 Å². The molecule has 0 bridgehead atoms. The lowest BCUT2D eigenvalue weighted by atomic mass is 10.0. The van der Waals surface area contributed by atoms with E-state index < -0.39 is 0 Å². The number of benzene rings is 4. The Kier molecular flexibility index (Phi) is 9.16. The first kappa shape index (κ1) is 36.1. The topological polar surface area (TPSA) is 234 Å². The zero-order valence-corrected chi connectivity index (χ0v) is 32.1. The zero-order valence-electron chi connectivity index (χ0n) is 32.1. The summed E-state index contributed by atoms with van der Waals surface area (Å²) in [5.41, 5.74) is 6.22. The molecule has 0 radical (unpaired) electrons. The van der Waals surface area contributed by atoms with Crippen LogP contribution in [0.3, 0.4) is 0 Å². The molecule has 0 aliphatic rings. The van der Waals surface area contributed by atoms with Crippen LogP contribution in [0.25, 0.3) is 103 Å². The fourth-order valence-corrected chi connectivity index (χ4v) is 6.22. The summed E-state index contributed by atoms with van der Waals surface area (Å²) in [6, 6.07) is 27.8. The van der Waals surface area contributed by atoms with Crippen molar-refractivity contribution in [1.82, 2.24) is 60.8 Å². The minimum Gasteiger partial charge on any atom is -0.339 e. The van der Waals surface area contributed by atoms with Gasteiger partial charge in [-0.15, -0.1) is 0 Å². The fourth-order valence-electron chi connectivity index (χ4n) is 6.22. The van der Waals surface area contributed by atoms with E-state index in [1.807, 2.05) is 112 Å². The van der Waals surface area contributed by atoms with Gasteiger partial charge in [-0.3, -0.25) is 0 Å². The molecule has 0 N–H and O–H groups in total. The van der Waals surface area contributed by atoms with Crippen molar-refractivity contribution in [2.45, 2.75) is 40.0 Å². The maximum atomic E-state index is 5.75. The molecule has 0 saturated heterocycles. The summed E-state index contributed by atoms with van der Waals surface area (Å²) in [5, 5.41) is 25.1. The molecule has 18 heteroatoms. The number of aromatic nitrogens is 12. The van der Waals surface area contributed by atoms with E-state index in [1.54, 1.807) is 0 Å². The standard InChI is InChI=1S/C42H30N12O6/c1-4-31-43-34(49-55-31)22-7-13-25(14-8-22)40-46-37(52-58-40)28-19-29(38-47-41(59-53-38)26-15-9-23(10-16-26)35-44-32(5-2)56-50-35)21-30(20-28)39-48-42(60-54-39)27-17-11-24(12-18-27)36-45-33(6-3)57-51-36/h7-21H,4-6H2,1-3H3. The lowest BCUT2D eigenvalue weighted by Gasteiger charge is -2.03. The molecular weight excluding hydrogens is 769 g/mol. The number of hydrogen-bond donors (Lipinski definition) is 0. The Hall–Kier alpha value is -8.28. The molecule has 294 valence electrons. The summed E-state index contributed by atoms with van der Waals surface area (Å²) in [6.07, 6.45) is 1.94. The number of nitrogens with zero attached hydrogens (tertiary/aromatic N) is 12. The fraction of sp³-hybridized carbons (Fsp3) is 0.143. The molecular formula is C42H30N12O6. The van der Waals surface area contributed by atoms with Crippen LogP contribution >= 0.6 is 0 Å². The molecule has 0 spiro atoms. The van der Waals surface area contributed by atoms with Crippen molar-refractivity contribution in [3.05, 3.63) is 109 Å². The maximum absolute atomic E-state index is 5.75. The van der Waals surface area contributed by atoms with Crippen molar-refractivity contribution in [3.8, 4) is 103 Å². The Morgan fingerprint density at radius 3 is 0.767 bits per heavy atom. The van der Waals surface area contributed by atoms with E-state index in [4.69, 9.17) is 42.1 Å². The molecule has 6 heterocycles. The molecule has 0 unspecified atom stereocenters. The predicted molar refractivity (Wildman–Crippen MR) is 211 cm³/mol. The monoisotopic (exact) mass is 798 g/mol. The average molecular weight is 799 g/mol. The summed E-state index contributed by atoms with van der Waals surface area (Å²) in [7, 11) is 0. The van der Waals surface area contributed by atoms with E-state index in [0.29, 0.717) is 123 Å². The van der Waals surface area contributed by atoms with Crippen LogP contribution in [-0.4, -0.2) is 60.8 Å². The second-order valence-corrected chi connectivity index (χ2v) is 13.4. The zero-order chi connectivity index (χ0) is 40.6. The SMILES string of the molecule is CCc1nc(-c2ccc(-c3nc(-c4cc(-c5noc(-c6ccc(-c7noc(CC)n7)cc6)n5)cc(-c5noc(-c6ccc(-c7noc(CC)n7)cc6)n5)c4)no3)cc2)no1. The molecule has 10 aromatic rings. The van der Waals surface area contributed by atoms with Crippen LogP contribution in [0, 0.1) is 0 Å². The molecule has 0 fully saturated rings. The summed E-state index contributed by atoms with van der Waals surface area (Å²) < 4.78 is 33.0. The molecule has 6 aromatic heterocycles. The minimum atomic E-state index is 0.305. The lowest BCUT2D eigenvalue weighted by molar-refractivity contribution is 0.382. The van der Waals surface area contributed by atoms with Crippen molar-refractivity contribution in [1.29, 1.82) is 0 Å². The third-order valence-electron chi connectivity index (χ3n) is 9.47. The van der Waals surface area contributed by atoms with Crippen LogP contribution in [-0.2, 0) is 19.3 Å². The van der Waals surface area contributed by atoms with Gasteiger partial charge in [0, 0.05) is 69.3 Å². The number of rotatable bonds is 12. The average Bonchev–Trinajstić information content (AvgIpc) is 4.17. The van der Waals surface area contributed by atoms with Crippen LogP contribution in [0.5, 0.6) is 0 Å². The Morgan fingerprint density at radius 1 is 0.283 bits per heavy atom. The predicted octanol–water partition coefficient (Wildman–Crippen LogP) is 8.67. The first-order valence-electron chi connectivity index (χ1n) is 19.0. The highest BCUT2D eigenvalue weighted by molar-refractivity contribution is 5.77. The summed E-state index contributed by atoms with van der Waals surface area (Å²) >= 11 is 0. The molecule has 0 amide bonds. The highest BCUT2D eigenvalue weighted by Gasteiger charge is 2.20. The molecule has 0 saturated carbocycles. The van der Waals surface area contributed by atoms with Gasteiger partial charge in [0.25, 0.3) is 17.7 Å². The van der Waals surface area contributed by atoms with E-state index >= 15 is 0 Å². The van der Waals surface area contributed by atoms with Crippen molar-refractivity contribution in [2.24, 2.45) is 0 Å². The first-order valence-corrected chi connectivity index (χ1v) is 19.0. The first-order chi connectivity index (χ1) is 29.5. The second-order valence-electron chi connectivity index (χ2n) is 13.4. The van der Waals surface area contributed by atoms with Crippen LogP contribution in [0.2, 0.25) is 0 Å². The van der Waals surface area contributed by atoms with Gasteiger partial charge in [0.1, 0.15) is 0 Å². The van der Waals surface area contributed by atoms with E-state index in [-0.39, 0.29) is 0 Å². The van der Waals surface area contributed by atoms with Crippen molar-refractivity contribution in [2.75, 3.05) is 0 Å². The van der Waals surface area contributed by atoms with Crippen molar-refractivity contribution < 1.29 is 27.1 Å². The van der Waals surface area contributed by atoms with Crippen molar-refractivity contribution in [3.63, 3.8) is 0 Å². The molecule has 60 heavy (non-hydrogen) atoms. The lowest BCUT2D eigenvalue weighted by Crippen LogP contribution is -1.90. The quantitative estimate of drug-likeness (QED) is 0.112. The van der Waals surface area contributed by atoms with E-state index in [0.717, 1.165) is 16.7 Å². The van der Waals surface area contributed by atoms with Gasteiger partial charge in [-0.2, -0.15) is 29.9 Å². The summed E-state index contributed by atoms with van der Waals surface area (Å²) in [4.78, 5) is 27.4. The van der Waals surface area contributed by atoms with E-state index in [2.05, 4.69) is 45.9 Å². The Balaban J connectivity index is 0.973. The van der Waals surface area contributed by atoms with Gasteiger partial charge in [0.2, 0.25) is 52.6 Å². The molecule has 0 aliphatic carbocycles. The maximum Gasteiger partial charge on any atom is 0.258 e. The largest absolute Gasteiger partial charge is 0.339 e. The third kappa shape index (κ3) is 7.01. The summed E-state index contributed by atoms with van der Waals surface area (Å²) in [5.74, 6) is 5.03. The Morgan fingerprint density at radius 2 is 0.517 bits per heavy atom. The van der Waals surface area contributed by atoms with Crippen LogP contribution in [0.4, 0.5) is 0 Å². The van der Waals surface area contributed by atoms with Gasteiger partial charge < -0.3 is 27.1 Å². The van der Waals surface area contributed by atoms with Gasteiger partial charge in [-0.1, -0.05) is 88.1 Å². The smallest absolute Gasteiger partial charge is 0.258 e. The second kappa shape index (κ2) is 15.2. The van der Waals surface area contributed by atoms with Gasteiger partial charge >= 0.3 is 0 Å². The van der Waals surface area contributed by atoms with Gasteiger partial charge in [0.15, 0.2) is 0 Å². The number of hydrogen-bond acceptors (Lipinski definition) is 18. The summed E-state index contributed by atoms with van der Waals surface area (Å²) in [6.45, 7) is 5.86. The van der Waals surface area contributed by atoms with Crippen LogP contribution < -0.4 is 0 Å². The van der Waals surface area contributed by atoms with Gasteiger partial charge in [-0.25, -0.2) is 0 Å². The Labute approximate surface area is 338 Å². The van der Waals surface area contributed by atoms with Crippen molar-refractivity contribution >= 4 is 0 Å². The highest BCUT2D eigenvalue weighted by Crippen LogP contribution is 2.34. The van der Waals surface area contributed by atoms with E-state index in [9.17, 15) is 0 Å². The normalized spacial score (nSPS) is 11.4. The molecule has 10 rings (SSSR count). The van der Waals surface area contributed by atoms with Crippen LogP contribution in [0.1, 0.15) is 38.4 Å². The highest BCUT2D eigenvalue weighted by atomic mass is 16.5. The van der Waals surface area contributed by atoms with Crippen LogP contribution in [0.15, 0.2) is 118 Å². The Bertz CT molecular complexity index is 2730. The molecule has 0 atom stereocenters. The van der Waals surface area contributed by atoms with E-state index in [1.165, 1.54) is 0 Å². The third-order valence-corrected chi connectivity index (χ3v) is 9.47. The molecule has 18 nitrogen and oxygen atoms in total. The minimum absolute atomic E-state index is 0.305. The molecule has 0 aliphatic heterocycles. The molecule has 4 aromatic carbocycles.